The van der Waals surface area contributed by atoms with Crippen molar-refractivity contribution >= 4 is 29.5 Å². The second-order valence-electron chi connectivity index (χ2n) is 4.63. The van der Waals surface area contributed by atoms with Crippen LogP contribution in [0.1, 0.15) is 12.8 Å². The number of hydrogen-bond acceptors (Lipinski definition) is 7. The van der Waals surface area contributed by atoms with E-state index < -0.39 is 35.3 Å². The SMILES string of the molecule is NCCC(C[C@H](N)C(=O)C1NC(C(=O)O)CS1)C(=O)O. The van der Waals surface area contributed by atoms with Gasteiger partial charge in [0.15, 0.2) is 5.78 Å². The molecule has 0 aromatic heterocycles. The molecule has 1 fully saturated rings. The number of nitrogens with one attached hydrogen (secondary N) is 1. The molecule has 3 unspecified atom stereocenters. The van der Waals surface area contributed by atoms with E-state index in [9.17, 15) is 14.4 Å². The van der Waals surface area contributed by atoms with Crippen LogP contribution < -0.4 is 16.8 Å². The molecule has 0 bridgehead atoms. The Balaban J connectivity index is 2.54. The van der Waals surface area contributed by atoms with Crippen LogP contribution in [0.2, 0.25) is 0 Å². The van der Waals surface area contributed by atoms with Gasteiger partial charge in [0.05, 0.1) is 12.0 Å². The first-order chi connectivity index (χ1) is 9.36. The molecule has 7 N–H and O–H groups in total. The summed E-state index contributed by atoms with van der Waals surface area (Å²) in [6, 6.07) is -1.72. The molecule has 114 valence electrons. The number of nitrogens with two attached hydrogens (primary N) is 2. The number of carboxylic acid groups (broad SMARTS) is 2. The van der Waals surface area contributed by atoms with Gasteiger partial charge in [0.1, 0.15) is 11.4 Å². The number of carbonyl (C=O) groups excluding carboxylic acids is 1. The third kappa shape index (κ3) is 4.44. The predicted octanol–water partition coefficient (Wildman–Crippen LogP) is -1.56. The first-order valence-electron chi connectivity index (χ1n) is 6.19. The summed E-state index contributed by atoms with van der Waals surface area (Å²) in [5.74, 6) is -2.91. The largest absolute Gasteiger partial charge is 0.481 e. The Morgan fingerprint density at radius 1 is 1.35 bits per heavy atom. The molecule has 8 nitrogen and oxygen atoms in total. The van der Waals surface area contributed by atoms with Crippen LogP contribution >= 0.6 is 11.8 Å². The van der Waals surface area contributed by atoms with Crippen LogP contribution in [0.3, 0.4) is 0 Å². The summed E-state index contributed by atoms with van der Waals surface area (Å²) in [7, 11) is 0. The van der Waals surface area contributed by atoms with Crippen molar-refractivity contribution in [2.24, 2.45) is 17.4 Å². The second kappa shape index (κ2) is 7.58. The lowest BCUT2D eigenvalue weighted by Gasteiger charge is -2.19. The predicted molar refractivity (Wildman–Crippen MR) is 73.2 cm³/mol. The number of thioether (sulfide) groups is 1. The summed E-state index contributed by atoms with van der Waals surface area (Å²) in [5.41, 5.74) is 11.1. The molecule has 0 saturated carbocycles. The first kappa shape index (κ1) is 16.9. The lowest BCUT2D eigenvalue weighted by atomic mass is 9.94. The molecule has 1 aliphatic rings. The van der Waals surface area contributed by atoms with Gasteiger partial charge in [-0.2, -0.15) is 0 Å². The lowest BCUT2D eigenvalue weighted by molar-refractivity contribution is -0.142. The summed E-state index contributed by atoms with van der Waals surface area (Å²) >= 11 is 1.17. The minimum absolute atomic E-state index is 0.00183. The molecule has 4 atom stereocenters. The fourth-order valence-electron chi connectivity index (χ4n) is 1.94. The summed E-state index contributed by atoms with van der Waals surface area (Å²) in [6.45, 7) is 0.204. The van der Waals surface area contributed by atoms with E-state index in [-0.39, 0.29) is 30.9 Å². The molecule has 0 spiro atoms. The molecule has 0 amide bonds. The molecule has 0 aromatic rings. The molecule has 0 aliphatic carbocycles. The highest BCUT2D eigenvalue weighted by Crippen LogP contribution is 2.22. The smallest absolute Gasteiger partial charge is 0.321 e. The van der Waals surface area contributed by atoms with E-state index in [0.717, 1.165) is 0 Å². The van der Waals surface area contributed by atoms with Crippen molar-refractivity contribution in [1.82, 2.24) is 5.32 Å². The number of ketones is 1. The van der Waals surface area contributed by atoms with E-state index >= 15 is 0 Å². The Kier molecular flexibility index (Phi) is 6.40. The van der Waals surface area contributed by atoms with E-state index in [2.05, 4.69) is 5.32 Å². The molecule has 9 heteroatoms. The Morgan fingerprint density at radius 2 is 2.00 bits per heavy atom. The maximum atomic E-state index is 12.1. The molecule has 0 aromatic carbocycles. The maximum Gasteiger partial charge on any atom is 0.321 e. The van der Waals surface area contributed by atoms with Gasteiger partial charge in [-0.05, 0) is 19.4 Å². The number of hydrogen-bond donors (Lipinski definition) is 5. The fourth-order valence-corrected chi connectivity index (χ4v) is 3.16. The van der Waals surface area contributed by atoms with Gasteiger partial charge in [-0.3, -0.25) is 19.7 Å². The van der Waals surface area contributed by atoms with Crippen molar-refractivity contribution in [1.29, 1.82) is 0 Å². The van der Waals surface area contributed by atoms with Crippen molar-refractivity contribution in [2.45, 2.75) is 30.3 Å². The third-order valence-corrected chi connectivity index (χ3v) is 4.33. The summed E-state index contributed by atoms with van der Waals surface area (Å²) in [5, 5.41) is 19.8. The quantitative estimate of drug-likeness (QED) is 0.358. The zero-order valence-electron chi connectivity index (χ0n) is 10.8. The number of carboxylic acids is 2. The monoisotopic (exact) mass is 305 g/mol. The molecule has 20 heavy (non-hydrogen) atoms. The minimum Gasteiger partial charge on any atom is -0.481 e. The van der Waals surface area contributed by atoms with Gasteiger partial charge >= 0.3 is 11.9 Å². The van der Waals surface area contributed by atoms with Crippen LogP contribution in [0, 0.1) is 5.92 Å². The Labute approximate surface area is 120 Å². The Bertz CT molecular complexity index is 392. The van der Waals surface area contributed by atoms with Crippen LogP contribution in [0.15, 0.2) is 0 Å². The van der Waals surface area contributed by atoms with Gasteiger partial charge < -0.3 is 21.7 Å². The maximum absolute atomic E-state index is 12.1. The first-order valence-corrected chi connectivity index (χ1v) is 7.24. The van der Waals surface area contributed by atoms with Crippen LogP contribution in [-0.2, 0) is 14.4 Å². The van der Waals surface area contributed by atoms with Crippen LogP contribution in [-0.4, -0.2) is 57.7 Å². The number of rotatable bonds is 8. The normalized spacial score (nSPS) is 25.1. The molecule has 1 aliphatic heterocycles. The van der Waals surface area contributed by atoms with Gasteiger partial charge in [-0.25, -0.2) is 0 Å². The number of Topliss-reactive ketones (excluding diaryl/α,β-unsaturated/α-hetero) is 1. The highest BCUT2D eigenvalue weighted by Gasteiger charge is 2.36. The minimum atomic E-state index is -1.03. The van der Waals surface area contributed by atoms with E-state index in [1.54, 1.807) is 0 Å². The lowest BCUT2D eigenvalue weighted by Crippen LogP contribution is -2.47. The summed E-state index contributed by atoms with van der Waals surface area (Å²) < 4.78 is 0. The highest BCUT2D eigenvalue weighted by atomic mass is 32.2. The van der Waals surface area contributed by atoms with Gasteiger partial charge in [-0.15, -0.1) is 11.8 Å². The van der Waals surface area contributed by atoms with Gasteiger partial charge in [0, 0.05) is 5.75 Å². The second-order valence-corrected chi connectivity index (χ2v) is 5.77. The van der Waals surface area contributed by atoms with E-state index in [1.807, 2.05) is 0 Å². The zero-order valence-corrected chi connectivity index (χ0v) is 11.6. The van der Waals surface area contributed by atoms with Gasteiger partial charge in [0.2, 0.25) is 0 Å². The average molecular weight is 305 g/mol. The molecule has 0 radical (unpaired) electrons. The topological polar surface area (TPSA) is 156 Å². The molecular weight excluding hydrogens is 286 g/mol. The van der Waals surface area contributed by atoms with Crippen molar-refractivity contribution in [3.05, 3.63) is 0 Å². The van der Waals surface area contributed by atoms with Crippen molar-refractivity contribution in [2.75, 3.05) is 12.3 Å². The van der Waals surface area contributed by atoms with Crippen molar-refractivity contribution < 1.29 is 24.6 Å². The molecule has 1 heterocycles. The van der Waals surface area contributed by atoms with Crippen LogP contribution in [0.5, 0.6) is 0 Å². The molecule has 1 rings (SSSR count). The average Bonchev–Trinajstić information content (AvgIpc) is 2.86. The van der Waals surface area contributed by atoms with Gasteiger partial charge in [-0.1, -0.05) is 0 Å². The van der Waals surface area contributed by atoms with Gasteiger partial charge in [0.25, 0.3) is 0 Å². The van der Waals surface area contributed by atoms with E-state index in [1.165, 1.54) is 11.8 Å². The molecule has 1 saturated heterocycles. The Morgan fingerprint density at radius 3 is 2.45 bits per heavy atom. The Hall–Kier alpha value is -1.16. The van der Waals surface area contributed by atoms with E-state index in [4.69, 9.17) is 21.7 Å². The van der Waals surface area contributed by atoms with Crippen molar-refractivity contribution in [3.63, 3.8) is 0 Å². The van der Waals surface area contributed by atoms with E-state index in [0.29, 0.717) is 0 Å². The molecular formula is C11H19N3O5S. The van der Waals surface area contributed by atoms with Crippen LogP contribution in [0.4, 0.5) is 0 Å². The number of aliphatic carboxylic acids is 2. The highest BCUT2D eigenvalue weighted by molar-refractivity contribution is 8.00. The summed E-state index contributed by atoms with van der Waals surface area (Å²) in [4.78, 5) is 33.8. The van der Waals surface area contributed by atoms with Crippen LogP contribution in [0.25, 0.3) is 0 Å². The summed E-state index contributed by atoms with van der Waals surface area (Å²) in [6.07, 6.45) is 0.251. The van der Waals surface area contributed by atoms with Crippen molar-refractivity contribution in [3.8, 4) is 0 Å². The fraction of sp³-hybridized carbons (Fsp3) is 0.727. The standard InChI is InChI=1S/C11H19N3O5S/c12-2-1-5(10(16)17)3-6(13)8(15)9-14-7(4-20-9)11(18)19/h5-7,9,14H,1-4,12-13H2,(H,16,17)(H,18,19)/t5?,6-,7?,9?/m0/s1. The number of carbonyl (C=O) groups is 3. The third-order valence-electron chi connectivity index (χ3n) is 3.11. The zero-order chi connectivity index (χ0) is 15.3.